The van der Waals surface area contributed by atoms with Crippen LogP contribution < -0.4 is 5.73 Å². The Kier molecular flexibility index (Phi) is 4.90. The van der Waals surface area contributed by atoms with Gasteiger partial charge in [-0.25, -0.2) is 0 Å². The van der Waals surface area contributed by atoms with E-state index in [0.29, 0.717) is 18.9 Å². The van der Waals surface area contributed by atoms with E-state index in [1.54, 1.807) is 4.90 Å². The monoisotopic (exact) mass is 200 g/mol. The molecule has 1 atom stereocenters. The van der Waals surface area contributed by atoms with Crippen molar-refractivity contribution in [2.75, 3.05) is 33.4 Å². The van der Waals surface area contributed by atoms with E-state index < -0.39 is 0 Å². The molecule has 1 aliphatic heterocycles. The molecular formula is C10H20N2O2. The van der Waals surface area contributed by atoms with E-state index in [4.69, 9.17) is 10.5 Å². The lowest BCUT2D eigenvalue weighted by atomic mass is 10.0. The van der Waals surface area contributed by atoms with Gasteiger partial charge < -0.3 is 15.4 Å². The summed E-state index contributed by atoms with van der Waals surface area (Å²) in [6.45, 7) is 2.90. The summed E-state index contributed by atoms with van der Waals surface area (Å²) in [7, 11) is 1.84. The van der Waals surface area contributed by atoms with Crippen molar-refractivity contribution in [3.8, 4) is 0 Å². The summed E-state index contributed by atoms with van der Waals surface area (Å²) in [5.41, 5.74) is 5.33. The molecule has 0 saturated carbocycles. The second kappa shape index (κ2) is 5.98. The Morgan fingerprint density at radius 2 is 2.43 bits per heavy atom. The molecule has 0 radical (unpaired) electrons. The van der Waals surface area contributed by atoms with Crippen LogP contribution in [-0.4, -0.2) is 44.2 Å². The zero-order valence-corrected chi connectivity index (χ0v) is 8.87. The highest BCUT2D eigenvalue weighted by Gasteiger charge is 2.17. The highest BCUT2D eigenvalue weighted by atomic mass is 16.5. The predicted octanol–water partition coefficient (Wildman–Crippen LogP) is 0.220. The molecule has 2 N–H and O–H groups in total. The maximum atomic E-state index is 11.4. The van der Waals surface area contributed by atoms with Crippen molar-refractivity contribution >= 4 is 5.91 Å². The molecule has 14 heavy (non-hydrogen) atoms. The number of amides is 1. The fraction of sp³-hybridized carbons (Fsp3) is 0.900. The molecule has 1 aliphatic rings. The maximum absolute atomic E-state index is 11.4. The summed E-state index contributed by atoms with van der Waals surface area (Å²) < 4.78 is 5.36. The topological polar surface area (TPSA) is 55.6 Å². The van der Waals surface area contributed by atoms with Crippen molar-refractivity contribution in [3.63, 3.8) is 0 Å². The molecule has 1 heterocycles. The van der Waals surface area contributed by atoms with Gasteiger partial charge >= 0.3 is 0 Å². The number of hydrogen-bond donors (Lipinski definition) is 1. The van der Waals surface area contributed by atoms with Gasteiger partial charge in [0.1, 0.15) is 0 Å². The van der Waals surface area contributed by atoms with E-state index in [1.807, 2.05) is 7.05 Å². The van der Waals surface area contributed by atoms with Crippen LogP contribution in [0.2, 0.25) is 0 Å². The Bertz CT molecular complexity index is 179. The first-order chi connectivity index (χ1) is 6.74. The van der Waals surface area contributed by atoms with Crippen molar-refractivity contribution in [2.45, 2.75) is 19.3 Å². The number of carbonyl (C=O) groups excluding carboxylic acids is 1. The van der Waals surface area contributed by atoms with Crippen LogP contribution in [0.25, 0.3) is 0 Å². The Labute approximate surface area is 85.4 Å². The molecule has 1 amide bonds. The van der Waals surface area contributed by atoms with Crippen LogP contribution in [0.5, 0.6) is 0 Å². The third kappa shape index (κ3) is 3.64. The molecule has 0 aromatic rings. The third-order valence-electron chi connectivity index (χ3n) is 2.57. The Morgan fingerprint density at radius 1 is 1.64 bits per heavy atom. The van der Waals surface area contributed by atoms with E-state index in [-0.39, 0.29) is 5.91 Å². The first kappa shape index (κ1) is 11.5. The van der Waals surface area contributed by atoms with Gasteiger partial charge in [0.2, 0.25) is 5.91 Å². The smallest absolute Gasteiger partial charge is 0.223 e. The average molecular weight is 200 g/mol. The predicted molar refractivity (Wildman–Crippen MR) is 54.9 cm³/mol. The Hall–Kier alpha value is -0.610. The molecular weight excluding hydrogens is 180 g/mol. The van der Waals surface area contributed by atoms with Crippen LogP contribution >= 0.6 is 0 Å². The molecule has 1 unspecified atom stereocenters. The van der Waals surface area contributed by atoms with Crippen LogP contribution in [-0.2, 0) is 9.53 Å². The molecule has 0 aromatic heterocycles. The molecule has 0 aromatic carbocycles. The zero-order valence-electron chi connectivity index (χ0n) is 8.87. The zero-order chi connectivity index (χ0) is 10.4. The summed E-state index contributed by atoms with van der Waals surface area (Å²) in [5.74, 6) is 0.647. The van der Waals surface area contributed by atoms with Crippen LogP contribution in [0.3, 0.4) is 0 Å². The van der Waals surface area contributed by atoms with E-state index in [2.05, 4.69) is 0 Å². The van der Waals surface area contributed by atoms with Gasteiger partial charge in [0, 0.05) is 33.2 Å². The largest absolute Gasteiger partial charge is 0.381 e. The number of hydrogen-bond acceptors (Lipinski definition) is 3. The highest BCUT2D eigenvalue weighted by Crippen LogP contribution is 2.14. The first-order valence-corrected chi connectivity index (χ1v) is 5.26. The third-order valence-corrected chi connectivity index (χ3v) is 2.57. The molecule has 0 bridgehead atoms. The van der Waals surface area contributed by atoms with Crippen LogP contribution in [0.4, 0.5) is 0 Å². The average Bonchev–Trinajstić information content (AvgIpc) is 2.19. The summed E-state index contributed by atoms with van der Waals surface area (Å²) in [5, 5.41) is 0. The molecule has 4 nitrogen and oxygen atoms in total. The fourth-order valence-electron chi connectivity index (χ4n) is 1.75. The van der Waals surface area contributed by atoms with Gasteiger partial charge in [0.05, 0.1) is 6.61 Å². The van der Waals surface area contributed by atoms with Gasteiger partial charge in [0.25, 0.3) is 0 Å². The van der Waals surface area contributed by atoms with Crippen molar-refractivity contribution < 1.29 is 9.53 Å². The fourth-order valence-corrected chi connectivity index (χ4v) is 1.75. The standard InChI is InChI=1S/C10H20N2O2/c1-12(10(13)4-5-11)7-9-3-2-6-14-8-9/h9H,2-8,11H2,1H3. The lowest BCUT2D eigenvalue weighted by Gasteiger charge is -2.27. The van der Waals surface area contributed by atoms with Crippen LogP contribution in [0, 0.1) is 5.92 Å². The normalized spacial score (nSPS) is 22.0. The van der Waals surface area contributed by atoms with Crippen molar-refractivity contribution in [1.82, 2.24) is 4.90 Å². The second-order valence-electron chi connectivity index (χ2n) is 3.90. The maximum Gasteiger partial charge on any atom is 0.223 e. The lowest BCUT2D eigenvalue weighted by molar-refractivity contribution is -0.130. The van der Waals surface area contributed by atoms with E-state index in [9.17, 15) is 4.79 Å². The molecule has 4 heteroatoms. The molecule has 1 rings (SSSR count). The highest BCUT2D eigenvalue weighted by molar-refractivity contribution is 5.76. The van der Waals surface area contributed by atoms with Gasteiger partial charge in [-0.3, -0.25) is 4.79 Å². The number of carbonyl (C=O) groups is 1. The quantitative estimate of drug-likeness (QED) is 0.706. The minimum atomic E-state index is 0.137. The molecule has 1 saturated heterocycles. The number of ether oxygens (including phenoxy) is 1. The van der Waals surface area contributed by atoms with Gasteiger partial charge in [-0.2, -0.15) is 0 Å². The van der Waals surface area contributed by atoms with Crippen molar-refractivity contribution in [2.24, 2.45) is 11.7 Å². The second-order valence-corrected chi connectivity index (χ2v) is 3.90. The summed E-state index contributed by atoms with van der Waals surface area (Å²) in [6, 6.07) is 0. The van der Waals surface area contributed by atoms with Crippen LogP contribution in [0.1, 0.15) is 19.3 Å². The van der Waals surface area contributed by atoms with E-state index in [0.717, 1.165) is 26.2 Å². The van der Waals surface area contributed by atoms with Crippen molar-refractivity contribution in [3.05, 3.63) is 0 Å². The summed E-state index contributed by atoms with van der Waals surface area (Å²) in [4.78, 5) is 13.2. The minimum Gasteiger partial charge on any atom is -0.381 e. The number of nitrogens with two attached hydrogens (primary N) is 1. The van der Waals surface area contributed by atoms with E-state index >= 15 is 0 Å². The number of rotatable bonds is 4. The van der Waals surface area contributed by atoms with Gasteiger partial charge in [-0.15, -0.1) is 0 Å². The summed E-state index contributed by atoms with van der Waals surface area (Å²) >= 11 is 0. The van der Waals surface area contributed by atoms with E-state index in [1.165, 1.54) is 6.42 Å². The molecule has 0 aliphatic carbocycles. The van der Waals surface area contributed by atoms with Crippen LogP contribution in [0.15, 0.2) is 0 Å². The van der Waals surface area contributed by atoms with Gasteiger partial charge in [0.15, 0.2) is 0 Å². The Morgan fingerprint density at radius 3 is 3.00 bits per heavy atom. The first-order valence-electron chi connectivity index (χ1n) is 5.26. The molecule has 82 valence electrons. The molecule has 0 spiro atoms. The lowest BCUT2D eigenvalue weighted by Crippen LogP contribution is -2.35. The Balaban J connectivity index is 2.24. The van der Waals surface area contributed by atoms with Crippen molar-refractivity contribution in [1.29, 1.82) is 0 Å². The minimum absolute atomic E-state index is 0.137. The molecule has 1 fully saturated rings. The SMILES string of the molecule is CN(CC1CCCOC1)C(=O)CCN. The summed E-state index contributed by atoms with van der Waals surface area (Å²) in [6.07, 6.45) is 2.73. The number of nitrogens with zero attached hydrogens (tertiary/aromatic N) is 1. The van der Waals surface area contributed by atoms with Gasteiger partial charge in [-0.1, -0.05) is 0 Å². The van der Waals surface area contributed by atoms with Gasteiger partial charge in [-0.05, 0) is 18.8 Å².